The van der Waals surface area contributed by atoms with E-state index in [1.165, 1.54) is 12.1 Å². The number of aryl methyl sites for hydroxylation is 1. The lowest BCUT2D eigenvalue weighted by molar-refractivity contribution is 0.251. The van der Waals surface area contributed by atoms with Crippen molar-refractivity contribution >= 4 is 23.4 Å². The second-order valence-corrected chi connectivity index (χ2v) is 12.6. The number of nitrogens with one attached hydrogen (secondary N) is 2. The molecule has 244 valence electrons. The number of pyridine rings is 1. The summed E-state index contributed by atoms with van der Waals surface area (Å²) in [4.78, 5) is 26.1. The van der Waals surface area contributed by atoms with Gasteiger partial charge in [-0.15, -0.1) is 0 Å². The number of ether oxygens (including phenoxy) is 2. The van der Waals surface area contributed by atoms with Gasteiger partial charge < -0.3 is 24.5 Å². The zero-order chi connectivity index (χ0) is 33.7. The molecule has 0 fully saturated rings. The van der Waals surface area contributed by atoms with Gasteiger partial charge >= 0.3 is 6.03 Å². The van der Waals surface area contributed by atoms with Crippen molar-refractivity contribution < 1.29 is 19.4 Å². The first-order chi connectivity index (χ1) is 22.4. The Morgan fingerprint density at radius 3 is 2.34 bits per heavy atom. The number of hydrogen-bond acceptors (Lipinski definition) is 6. The first-order valence-electron chi connectivity index (χ1n) is 15.1. The summed E-state index contributed by atoms with van der Waals surface area (Å²) in [5.41, 5.74) is 4.41. The molecule has 5 rings (SSSR count). The number of carbonyl (C=O) groups excluding carboxylic acids is 1. The number of aromatic hydroxyl groups is 1. The molecule has 0 bridgehead atoms. The summed E-state index contributed by atoms with van der Waals surface area (Å²) >= 11 is 6.16. The summed E-state index contributed by atoms with van der Waals surface area (Å²) in [7, 11) is 1.62. The van der Waals surface area contributed by atoms with Crippen molar-refractivity contribution in [3.63, 3.8) is 0 Å². The van der Waals surface area contributed by atoms with E-state index in [9.17, 15) is 14.7 Å². The SMILES string of the molecule is COc1ccc(Cn2c(C)cc(OCc3ccccc3CNC(=O)Nc3cc(C(C)(C)C)nn3-c3ccc(O)c(Cl)c3)cc2=O)cc1. The van der Waals surface area contributed by atoms with E-state index in [2.05, 4.69) is 10.6 Å². The number of phenols is 1. The molecule has 0 atom stereocenters. The Morgan fingerprint density at radius 2 is 1.68 bits per heavy atom. The van der Waals surface area contributed by atoms with Gasteiger partial charge in [0.15, 0.2) is 0 Å². The minimum atomic E-state index is -0.427. The van der Waals surface area contributed by atoms with Crippen LogP contribution in [0.3, 0.4) is 0 Å². The maximum Gasteiger partial charge on any atom is 0.320 e. The van der Waals surface area contributed by atoms with Gasteiger partial charge in [-0.3, -0.25) is 10.1 Å². The van der Waals surface area contributed by atoms with Crippen molar-refractivity contribution in [1.82, 2.24) is 19.7 Å². The first kappa shape index (κ1) is 33.2. The fraction of sp³-hybridized carbons (Fsp3) is 0.250. The molecule has 0 radical (unpaired) electrons. The Bertz CT molecular complexity index is 1940. The number of phenolic OH excluding ortho intramolecular Hbond substituents is 1. The number of benzene rings is 3. The highest BCUT2D eigenvalue weighted by Gasteiger charge is 2.22. The second-order valence-electron chi connectivity index (χ2n) is 12.2. The molecule has 2 heterocycles. The predicted molar refractivity (Wildman–Crippen MR) is 183 cm³/mol. The van der Waals surface area contributed by atoms with E-state index in [1.54, 1.807) is 28.5 Å². The van der Waals surface area contributed by atoms with Gasteiger partial charge in [0.2, 0.25) is 0 Å². The standard InChI is InChI=1S/C36H38ClN5O5/c1-23-16-29(18-34(44)41(23)21-24-10-13-28(46-5)14-11-24)47-22-26-9-7-6-8-25(26)20-38-35(45)39-33-19-32(36(2,3)4)40-42(33)27-12-15-31(43)30(37)17-27/h6-19,43H,20-22H2,1-5H3,(H2,38,39,45). The van der Waals surface area contributed by atoms with E-state index in [1.807, 2.05) is 88.4 Å². The highest BCUT2D eigenvalue weighted by Crippen LogP contribution is 2.30. The molecule has 0 saturated heterocycles. The number of anilines is 1. The van der Waals surface area contributed by atoms with Crippen molar-refractivity contribution in [3.8, 4) is 22.9 Å². The van der Waals surface area contributed by atoms with Gasteiger partial charge in [-0.2, -0.15) is 5.10 Å². The van der Waals surface area contributed by atoms with E-state index in [4.69, 9.17) is 26.2 Å². The third kappa shape index (κ3) is 8.14. The average molecular weight is 656 g/mol. The van der Waals surface area contributed by atoms with Crippen LogP contribution in [0.25, 0.3) is 5.69 Å². The van der Waals surface area contributed by atoms with Crippen molar-refractivity contribution in [2.24, 2.45) is 0 Å². The molecular formula is C36H38ClN5O5. The van der Waals surface area contributed by atoms with Crippen LogP contribution in [0, 0.1) is 6.92 Å². The molecule has 10 nitrogen and oxygen atoms in total. The van der Waals surface area contributed by atoms with Gasteiger partial charge in [0.25, 0.3) is 5.56 Å². The highest BCUT2D eigenvalue weighted by molar-refractivity contribution is 6.32. The smallest absolute Gasteiger partial charge is 0.320 e. The zero-order valence-corrected chi connectivity index (χ0v) is 27.8. The van der Waals surface area contributed by atoms with Gasteiger partial charge in [0.05, 0.1) is 30.1 Å². The molecule has 11 heteroatoms. The molecule has 0 saturated carbocycles. The Labute approximate surface area is 278 Å². The van der Waals surface area contributed by atoms with Crippen LogP contribution in [0.1, 0.15) is 48.8 Å². The van der Waals surface area contributed by atoms with Gasteiger partial charge in [-0.1, -0.05) is 68.8 Å². The maximum atomic E-state index is 13.1. The normalized spacial score (nSPS) is 11.3. The molecule has 0 aliphatic rings. The van der Waals surface area contributed by atoms with Gasteiger partial charge in [-0.25, -0.2) is 9.48 Å². The van der Waals surface area contributed by atoms with Crippen molar-refractivity contribution in [2.75, 3.05) is 12.4 Å². The summed E-state index contributed by atoms with van der Waals surface area (Å²) < 4.78 is 14.5. The van der Waals surface area contributed by atoms with Crippen LogP contribution in [0.2, 0.25) is 5.02 Å². The minimum Gasteiger partial charge on any atom is -0.506 e. The third-order valence-electron chi connectivity index (χ3n) is 7.66. The topological polar surface area (TPSA) is 120 Å². The predicted octanol–water partition coefficient (Wildman–Crippen LogP) is 6.96. The van der Waals surface area contributed by atoms with Crippen LogP contribution in [-0.2, 0) is 25.1 Å². The number of rotatable bonds is 10. The lowest BCUT2D eigenvalue weighted by atomic mass is 9.92. The first-order valence-corrected chi connectivity index (χ1v) is 15.5. The zero-order valence-electron chi connectivity index (χ0n) is 27.0. The fourth-order valence-corrected chi connectivity index (χ4v) is 5.10. The van der Waals surface area contributed by atoms with Crippen molar-refractivity contribution in [2.45, 2.75) is 52.8 Å². The summed E-state index contributed by atoms with van der Waals surface area (Å²) in [5, 5.41) is 20.6. The minimum absolute atomic E-state index is 0.0438. The van der Waals surface area contributed by atoms with Crippen LogP contribution >= 0.6 is 11.6 Å². The molecule has 2 amide bonds. The molecule has 0 spiro atoms. The van der Waals surface area contributed by atoms with Gasteiger partial charge in [-0.05, 0) is 60.0 Å². The molecular weight excluding hydrogens is 618 g/mol. The Morgan fingerprint density at radius 1 is 0.957 bits per heavy atom. The molecule has 2 aromatic heterocycles. The highest BCUT2D eigenvalue weighted by atomic mass is 35.5. The third-order valence-corrected chi connectivity index (χ3v) is 7.96. The number of amides is 2. The number of aromatic nitrogens is 3. The van der Waals surface area contributed by atoms with E-state index in [0.717, 1.165) is 33.8 Å². The lowest BCUT2D eigenvalue weighted by Gasteiger charge is -2.15. The summed E-state index contributed by atoms with van der Waals surface area (Å²) in [6, 6.07) is 24.7. The monoisotopic (exact) mass is 655 g/mol. The number of halogens is 1. The Hall–Kier alpha value is -5.22. The van der Waals surface area contributed by atoms with Crippen molar-refractivity contribution in [1.29, 1.82) is 0 Å². The van der Waals surface area contributed by atoms with Gasteiger partial charge in [0, 0.05) is 29.8 Å². The van der Waals surface area contributed by atoms with E-state index in [-0.39, 0.29) is 34.9 Å². The number of carbonyl (C=O) groups is 1. The number of nitrogens with zero attached hydrogens (tertiary/aromatic N) is 3. The average Bonchev–Trinajstić information content (AvgIpc) is 3.47. The van der Waals surface area contributed by atoms with E-state index in [0.29, 0.717) is 23.8 Å². The fourth-order valence-electron chi connectivity index (χ4n) is 4.93. The van der Waals surface area contributed by atoms with E-state index < -0.39 is 6.03 Å². The summed E-state index contributed by atoms with van der Waals surface area (Å²) in [6.45, 7) is 8.85. The summed E-state index contributed by atoms with van der Waals surface area (Å²) in [6.07, 6.45) is 0. The van der Waals surface area contributed by atoms with Crippen LogP contribution in [0.15, 0.2) is 89.7 Å². The number of hydrogen-bond donors (Lipinski definition) is 3. The maximum absolute atomic E-state index is 13.1. The van der Waals surface area contributed by atoms with E-state index >= 15 is 0 Å². The van der Waals surface area contributed by atoms with Crippen LogP contribution in [0.5, 0.6) is 17.2 Å². The number of urea groups is 1. The molecule has 0 aliphatic carbocycles. The molecule has 47 heavy (non-hydrogen) atoms. The molecule has 0 unspecified atom stereocenters. The molecule has 5 aromatic rings. The molecule has 3 N–H and O–H groups in total. The van der Waals surface area contributed by atoms with Crippen LogP contribution in [-0.4, -0.2) is 32.6 Å². The molecule has 3 aromatic carbocycles. The summed E-state index contributed by atoms with van der Waals surface area (Å²) in [5.74, 6) is 1.63. The lowest BCUT2D eigenvalue weighted by Crippen LogP contribution is -2.29. The second kappa shape index (κ2) is 14.0. The van der Waals surface area contributed by atoms with Crippen LogP contribution in [0.4, 0.5) is 10.6 Å². The number of methoxy groups -OCH3 is 1. The quantitative estimate of drug-likeness (QED) is 0.150. The molecule has 0 aliphatic heterocycles. The van der Waals surface area contributed by atoms with Crippen LogP contribution < -0.4 is 25.7 Å². The Kier molecular flexibility index (Phi) is 9.91. The van der Waals surface area contributed by atoms with Crippen molar-refractivity contribution in [3.05, 3.63) is 128 Å². The van der Waals surface area contributed by atoms with Gasteiger partial charge in [0.1, 0.15) is 29.7 Å². The Balaban J connectivity index is 1.25. The largest absolute Gasteiger partial charge is 0.506 e.